The van der Waals surface area contributed by atoms with Gasteiger partial charge in [-0.25, -0.2) is 4.79 Å². The maximum Gasteiger partial charge on any atom is 0.317 e. The Morgan fingerprint density at radius 3 is 2.30 bits per heavy atom. The van der Waals surface area contributed by atoms with Gasteiger partial charge in [0.25, 0.3) is 0 Å². The van der Waals surface area contributed by atoms with E-state index in [1.165, 1.54) is 0 Å². The van der Waals surface area contributed by atoms with Crippen molar-refractivity contribution in [2.24, 2.45) is 5.41 Å². The molecule has 1 fully saturated rings. The highest BCUT2D eigenvalue weighted by atomic mass is 16.5. The molecule has 0 unspecified atom stereocenters. The summed E-state index contributed by atoms with van der Waals surface area (Å²) in [5.41, 5.74) is -1.10. The topological polar surface area (TPSA) is 78.9 Å². The van der Waals surface area contributed by atoms with Crippen LogP contribution in [0.15, 0.2) is 0 Å². The van der Waals surface area contributed by atoms with Gasteiger partial charge >= 0.3 is 12.0 Å². The number of aliphatic carboxylic acids is 1. The van der Waals surface area contributed by atoms with Crippen LogP contribution < -0.4 is 5.32 Å². The smallest absolute Gasteiger partial charge is 0.317 e. The van der Waals surface area contributed by atoms with Crippen LogP contribution in [0.25, 0.3) is 0 Å². The Morgan fingerprint density at radius 1 is 1.35 bits per heavy atom. The maximum atomic E-state index is 12.2. The Morgan fingerprint density at radius 2 is 1.90 bits per heavy atom. The molecular formula is C14H26N2O4. The first-order valence-electron chi connectivity index (χ1n) is 7.06. The summed E-state index contributed by atoms with van der Waals surface area (Å²) in [6, 6.07) is -0.151. The molecule has 6 nitrogen and oxygen atoms in total. The van der Waals surface area contributed by atoms with Gasteiger partial charge in [-0.3, -0.25) is 4.79 Å². The summed E-state index contributed by atoms with van der Waals surface area (Å²) >= 11 is 0. The quantitative estimate of drug-likeness (QED) is 0.806. The number of carboxylic acid groups (broad SMARTS) is 1. The number of likely N-dealkylation sites (tertiary alicyclic amines) is 1. The van der Waals surface area contributed by atoms with Crippen LogP contribution in [-0.4, -0.2) is 54.4 Å². The number of hydrogen-bond donors (Lipinski definition) is 2. The molecule has 0 aliphatic carbocycles. The van der Waals surface area contributed by atoms with Crippen LogP contribution in [0.1, 0.15) is 40.0 Å². The molecular weight excluding hydrogens is 260 g/mol. The summed E-state index contributed by atoms with van der Waals surface area (Å²) in [5.74, 6) is -0.750. The Kier molecular flexibility index (Phi) is 5.39. The lowest BCUT2D eigenvalue weighted by atomic mass is 9.76. The first kappa shape index (κ1) is 16.8. The van der Waals surface area contributed by atoms with Crippen LogP contribution in [0.5, 0.6) is 0 Å². The summed E-state index contributed by atoms with van der Waals surface area (Å²) in [6.45, 7) is 7.08. The van der Waals surface area contributed by atoms with Crippen LogP contribution in [0.2, 0.25) is 0 Å². The van der Waals surface area contributed by atoms with Crippen molar-refractivity contribution >= 4 is 12.0 Å². The molecule has 20 heavy (non-hydrogen) atoms. The van der Waals surface area contributed by atoms with Crippen LogP contribution in [0, 0.1) is 5.41 Å². The number of piperidine rings is 1. The summed E-state index contributed by atoms with van der Waals surface area (Å²) in [7, 11) is 1.59. The molecule has 0 saturated carbocycles. The number of nitrogens with one attached hydrogen (secondary N) is 1. The van der Waals surface area contributed by atoms with Crippen LogP contribution in [0.3, 0.4) is 0 Å². The van der Waals surface area contributed by atoms with E-state index in [0.717, 1.165) is 0 Å². The number of carboxylic acids is 1. The molecule has 1 aliphatic rings. The lowest BCUT2D eigenvalue weighted by Gasteiger charge is -2.39. The number of methoxy groups -OCH3 is 1. The van der Waals surface area contributed by atoms with Gasteiger partial charge in [0, 0.05) is 20.2 Å². The number of carbonyl (C=O) groups excluding carboxylic acids is 1. The molecule has 1 heterocycles. The van der Waals surface area contributed by atoms with Crippen molar-refractivity contribution in [1.82, 2.24) is 10.2 Å². The molecule has 0 aromatic rings. The van der Waals surface area contributed by atoms with E-state index < -0.39 is 16.9 Å². The number of hydrogen-bond acceptors (Lipinski definition) is 3. The van der Waals surface area contributed by atoms with Crippen molar-refractivity contribution in [3.63, 3.8) is 0 Å². The van der Waals surface area contributed by atoms with E-state index in [-0.39, 0.29) is 6.03 Å². The number of carbonyl (C=O) groups is 2. The van der Waals surface area contributed by atoms with Gasteiger partial charge in [0.15, 0.2) is 0 Å². The minimum absolute atomic E-state index is 0.151. The highest BCUT2D eigenvalue weighted by molar-refractivity contribution is 5.77. The van der Waals surface area contributed by atoms with E-state index in [0.29, 0.717) is 39.0 Å². The fourth-order valence-corrected chi connectivity index (χ4v) is 2.62. The number of amides is 2. The summed E-state index contributed by atoms with van der Waals surface area (Å²) in [4.78, 5) is 25.2. The SMILES string of the molecule is CCC1(C(=O)O)CCN(C(=O)NC(C)(C)COC)CC1. The normalized spacial score (nSPS) is 18.7. The number of ether oxygens (including phenoxy) is 1. The minimum Gasteiger partial charge on any atom is -0.481 e. The molecule has 0 aromatic heterocycles. The zero-order valence-electron chi connectivity index (χ0n) is 12.9. The highest BCUT2D eigenvalue weighted by Crippen LogP contribution is 2.35. The standard InChI is InChI=1S/C14H26N2O4/c1-5-14(11(17)18)6-8-16(9-7-14)12(19)15-13(2,3)10-20-4/h5-10H2,1-4H3,(H,15,19)(H,17,18). The number of rotatable bonds is 5. The zero-order valence-corrected chi connectivity index (χ0v) is 12.9. The molecule has 6 heteroatoms. The Labute approximate surface area is 120 Å². The van der Waals surface area contributed by atoms with E-state index in [4.69, 9.17) is 4.74 Å². The second kappa shape index (κ2) is 6.43. The minimum atomic E-state index is -0.750. The van der Waals surface area contributed by atoms with Gasteiger partial charge in [-0.2, -0.15) is 0 Å². The number of urea groups is 1. The average molecular weight is 286 g/mol. The predicted octanol–water partition coefficient (Wildman–Crippen LogP) is 1.70. The van der Waals surface area contributed by atoms with Crippen LogP contribution in [-0.2, 0) is 9.53 Å². The van der Waals surface area contributed by atoms with Crippen molar-refractivity contribution in [2.45, 2.75) is 45.6 Å². The Bertz CT molecular complexity index is 360. The van der Waals surface area contributed by atoms with Gasteiger partial charge in [0.05, 0.1) is 17.6 Å². The van der Waals surface area contributed by atoms with Crippen LogP contribution in [0.4, 0.5) is 4.79 Å². The average Bonchev–Trinajstić information content (AvgIpc) is 2.37. The summed E-state index contributed by atoms with van der Waals surface area (Å²) in [6.07, 6.45) is 1.63. The lowest BCUT2D eigenvalue weighted by Crippen LogP contribution is -2.55. The Hall–Kier alpha value is -1.30. The third kappa shape index (κ3) is 3.85. The van der Waals surface area contributed by atoms with Crippen LogP contribution >= 0.6 is 0 Å². The molecule has 0 spiro atoms. The highest BCUT2D eigenvalue weighted by Gasteiger charge is 2.41. The number of nitrogens with zero attached hydrogens (tertiary/aromatic N) is 1. The van der Waals surface area contributed by atoms with Gasteiger partial charge in [-0.05, 0) is 33.1 Å². The van der Waals surface area contributed by atoms with Gasteiger partial charge in [0.2, 0.25) is 0 Å². The van der Waals surface area contributed by atoms with E-state index >= 15 is 0 Å². The monoisotopic (exact) mass is 286 g/mol. The summed E-state index contributed by atoms with van der Waals surface area (Å²) in [5, 5.41) is 12.3. The zero-order chi connectivity index (χ0) is 15.4. The van der Waals surface area contributed by atoms with E-state index in [1.807, 2.05) is 20.8 Å². The fourth-order valence-electron chi connectivity index (χ4n) is 2.62. The second-order valence-corrected chi connectivity index (χ2v) is 6.17. The second-order valence-electron chi connectivity index (χ2n) is 6.17. The molecule has 0 aromatic carbocycles. The van der Waals surface area contributed by atoms with Crippen molar-refractivity contribution in [2.75, 3.05) is 26.8 Å². The largest absolute Gasteiger partial charge is 0.481 e. The molecule has 2 N–H and O–H groups in total. The molecule has 1 saturated heterocycles. The van der Waals surface area contributed by atoms with Gasteiger partial charge in [0.1, 0.15) is 0 Å². The van der Waals surface area contributed by atoms with E-state index in [9.17, 15) is 14.7 Å². The molecule has 1 rings (SSSR count). The van der Waals surface area contributed by atoms with Gasteiger partial charge < -0.3 is 20.1 Å². The summed E-state index contributed by atoms with van der Waals surface area (Å²) < 4.78 is 5.07. The molecule has 2 amide bonds. The van der Waals surface area contributed by atoms with Gasteiger partial charge in [-0.15, -0.1) is 0 Å². The first-order chi connectivity index (χ1) is 9.26. The van der Waals surface area contributed by atoms with Crippen molar-refractivity contribution in [3.05, 3.63) is 0 Å². The van der Waals surface area contributed by atoms with Crippen molar-refractivity contribution in [3.8, 4) is 0 Å². The maximum absolute atomic E-state index is 12.2. The van der Waals surface area contributed by atoms with Gasteiger partial charge in [-0.1, -0.05) is 6.92 Å². The molecule has 1 aliphatic heterocycles. The third-order valence-corrected chi connectivity index (χ3v) is 4.09. The van der Waals surface area contributed by atoms with Crippen molar-refractivity contribution in [1.29, 1.82) is 0 Å². The first-order valence-corrected chi connectivity index (χ1v) is 7.06. The lowest BCUT2D eigenvalue weighted by molar-refractivity contribution is -0.152. The molecule has 0 radical (unpaired) electrons. The Balaban J connectivity index is 2.57. The third-order valence-electron chi connectivity index (χ3n) is 4.09. The molecule has 0 atom stereocenters. The fraction of sp³-hybridized carbons (Fsp3) is 0.857. The van der Waals surface area contributed by atoms with E-state index in [1.54, 1.807) is 12.0 Å². The molecule has 116 valence electrons. The van der Waals surface area contributed by atoms with Crippen molar-refractivity contribution < 1.29 is 19.4 Å². The predicted molar refractivity (Wildman–Crippen MR) is 75.7 cm³/mol. The van der Waals surface area contributed by atoms with E-state index in [2.05, 4.69) is 5.32 Å². The molecule has 0 bridgehead atoms.